The molecule has 0 fully saturated rings. The van der Waals surface area contributed by atoms with Crippen LogP contribution >= 0.6 is 23.4 Å². The van der Waals surface area contributed by atoms with E-state index < -0.39 is 0 Å². The summed E-state index contributed by atoms with van der Waals surface area (Å²) in [5.41, 5.74) is 4.25. The average Bonchev–Trinajstić information content (AvgIpc) is 3.03. The van der Waals surface area contributed by atoms with Gasteiger partial charge in [-0.1, -0.05) is 35.4 Å². The third kappa shape index (κ3) is 5.27. The first-order valence-corrected chi connectivity index (χ1v) is 10.4. The Morgan fingerprint density at radius 1 is 1.22 bits per heavy atom. The van der Waals surface area contributed by atoms with E-state index in [-0.39, 0.29) is 28.9 Å². The van der Waals surface area contributed by atoms with Crippen LogP contribution in [-0.2, 0) is 16.0 Å². The van der Waals surface area contributed by atoms with Crippen molar-refractivity contribution >= 4 is 40.9 Å². The predicted molar refractivity (Wildman–Crippen MR) is 112 cm³/mol. The number of hydrogen-bond acceptors (Lipinski definition) is 3. The van der Waals surface area contributed by atoms with E-state index in [1.807, 2.05) is 56.3 Å². The summed E-state index contributed by atoms with van der Waals surface area (Å²) in [7, 11) is 0. The molecule has 27 heavy (non-hydrogen) atoms. The zero-order valence-electron chi connectivity index (χ0n) is 15.4. The van der Waals surface area contributed by atoms with Crippen molar-refractivity contribution in [1.29, 1.82) is 0 Å². The molecule has 2 aromatic rings. The molecule has 0 bridgehead atoms. The molecular weight excluding hydrogens is 380 g/mol. The molecule has 0 spiro atoms. The maximum absolute atomic E-state index is 12.5. The standard InChI is InChI=1S/C21H23ClN2O2S/c1-13-3-7-17(8-4-13)23-20(25)12-27-14(2)21(26)24-19-10-5-15-11-16(22)6-9-18(15)19/h3-4,6-9,11,14,19H,5,10,12H2,1-2H3,(H,23,25)(H,24,26). The topological polar surface area (TPSA) is 58.2 Å². The fraction of sp³-hybridized carbons (Fsp3) is 0.333. The van der Waals surface area contributed by atoms with E-state index in [1.165, 1.54) is 17.3 Å². The molecule has 1 aliphatic rings. The Labute approximate surface area is 169 Å². The molecule has 0 saturated carbocycles. The molecule has 142 valence electrons. The monoisotopic (exact) mass is 402 g/mol. The molecule has 3 rings (SSSR count). The van der Waals surface area contributed by atoms with Crippen LogP contribution in [-0.4, -0.2) is 22.8 Å². The van der Waals surface area contributed by atoms with Crippen LogP contribution in [0.25, 0.3) is 0 Å². The second kappa shape index (κ2) is 8.81. The summed E-state index contributed by atoms with van der Waals surface area (Å²) in [5.74, 6) is 0.0829. The Morgan fingerprint density at radius 3 is 2.70 bits per heavy atom. The molecule has 2 unspecified atom stereocenters. The SMILES string of the molecule is Cc1ccc(NC(=O)CSC(C)C(=O)NC2CCc3cc(Cl)ccc32)cc1. The first kappa shape index (κ1) is 19.8. The van der Waals surface area contributed by atoms with Gasteiger partial charge >= 0.3 is 0 Å². The molecule has 0 heterocycles. The Balaban J connectivity index is 1.47. The highest BCUT2D eigenvalue weighted by molar-refractivity contribution is 8.01. The number of nitrogens with one attached hydrogen (secondary N) is 2. The van der Waals surface area contributed by atoms with E-state index in [2.05, 4.69) is 10.6 Å². The van der Waals surface area contributed by atoms with Gasteiger partial charge in [-0.3, -0.25) is 9.59 Å². The molecular formula is C21H23ClN2O2S. The van der Waals surface area contributed by atoms with Crippen LogP contribution < -0.4 is 10.6 Å². The van der Waals surface area contributed by atoms with Gasteiger partial charge < -0.3 is 10.6 Å². The first-order chi connectivity index (χ1) is 12.9. The van der Waals surface area contributed by atoms with Gasteiger partial charge in [-0.05, 0) is 62.1 Å². The number of halogens is 1. The number of aryl methyl sites for hydroxylation is 2. The average molecular weight is 403 g/mol. The van der Waals surface area contributed by atoms with Gasteiger partial charge in [0.1, 0.15) is 0 Å². The van der Waals surface area contributed by atoms with Crippen molar-refractivity contribution in [2.24, 2.45) is 0 Å². The van der Waals surface area contributed by atoms with Gasteiger partial charge in [-0.25, -0.2) is 0 Å². The second-order valence-electron chi connectivity index (χ2n) is 6.81. The van der Waals surface area contributed by atoms with Crippen molar-refractivity contribution in [2.45, 2.75) is 38.0 Å². The lowest BCUT2D eigenvalue weighted by molar-refractivity contribution is -0.121. The van der Waals surface area contributed by atoms with Crippen LogP contribution in [0, 0.1) is 6.92 Å². The summed E-state index contributed by atoms with van der Waals surface area (Å²) >= 11 is 7.37. The Morgan fingerprint density at radius 2 is 1.96 bits per heavy atom. The van der Waals surface area contributed by atoms with E-state index in [9.17, 15) is 9.59 Å². The van der Waals surface area contributed by atoms with E-state index >= 15 is 0 Å². The lowest BCUT2D eigenvalue weighted by Crippen LogP contribution is -2.34. The zero-order chi connectivity index (χ0) is 19.4. The number of rotatable bonds is 6. The Hall–Kier alpha value is -1.98. The zero-order valence-corrected chi connectivity index (χ0v) is 17.0. The van der Waals surface area contributed by atoms with Gasteiger partial charge in [0.15, 0.2) is 0 Å². The van der Waals surface area contributed by atoms with E-state index in [0.29, 0.717) is 0 Å². The van der Waals surface area contributed by atoms with Crippen molar-refractivity contribution in [3.63, 3.8) is 0 Å². The lowest BCUT2D eigenvalue weighted by Gasteiger charge is -2.17. The van der Waals surface area contributed by atoms with Crippen molar-refractivity contribution in [1.82, 2.24) is 5.32 Å². The van der Waals surface area contributed by atoms with Crippen molar-refractivity contribution in [3.05, 3.63) is 64.2 Å². The molecule has 0 aliphatic heterocycles. The van der Waals surface area contributed by atoms with Crippen molar-refractivity contribution in [3.8, 4) is 0 Å². The maximum Gasteiger partial charge on any atom is 0.234 e. The van der Waals surface area contributed by atoms with E-state index in [1.54, 1.807) is 0 Å². The number of anilines is 1. The van der Waals surface area contributed by atoms with Crippen LogP contribution in [0.4, 0.5) is 5.69 Å². The van der Waals surface area contributed by atoms with Gasteiger partial charge in [0, 0.05) is 10.7 Å². The smallest absolute Gasteiger partial charge is 0.234 e. The summed E-state index contributed by atoms with van der Waals surface area (Å²) in [6, 6.07) is 13.5. The highest BCUT2D eigenvalue weighted by Gasteiger charge is 2.26. The van der Waals surface area contributed by atoms with Gasteiger partial charge in [-0.2, -0.15) is 0 Å². The van der Waals surface area contributed by atoms with Gasteiger partial charge in [0.05, 0.1) is 17.0 Å². The molecule has 0 aromatic heterocycles. The third-order valence-electron chi connectivity index (χ3n) is 4.67. The number of carbonyl (C=O) groups is 2. The lowest BCUT2D eigenvalue weighted by atomic mass is 10.1. The fourth-order valence-electron chi connectivity index (χ4n) is 3.14. The largest absolute Gasteiger partial charge is 0.348 e. The molecule has 1 aliphatic carbocycles. The van der Waals surface area contributed by atoms with Crippen molar-refractivity contribution in [2.75, 3.05) is 11.1 Å². The Bertz CT molecular complexity index is 839. The second-order valence-corrected chi connectivity index (χ2v) is 8.58. The Kier molecular flexibility index (Phi) is 6.45. The number of thioether (sulfide) groups is 1. The molecule has 6 heteroatoms. The number of benzene rings is 2. The highest BCUT2D eigenvalue weighted by atomic mass is 35.5. The normalized spacial score (nSPS) is 16.5. The van der Waals surface area contributed by atoms with Crippen molar-refractivity contribution < 1.29 is 9.59 Å². The number of carbonyl (C=O) groups excluding carboxylic acids is 2. The minimum Gasteiger partial charge on any atom is -0.348 e. The van der Waals surface area contributed by atoms with Gasteiger partial charge in [0.2, 0.25) is 11.8 Å². The molecule has 0 radical (unpaired) electrons. The number of amides is 2. The molecule has 2 atom stereocenters. The number of hydrogen-bond donors (Lipinski definition) is 2. The molecule has 0 saturated heterocycles. The van der Waals surface area contributed by atoms with E-state index in [0.717, 1.165) is 34.7 Å². The van der Waals surface area contributed by atoms with Crippen LogP contribution in [0.3, 0.4) is 0 Å². The minimum absolute atomic E-state index is 0.0224. The summed E-state index contributed by atoms with van der Waals surface area (Å²) in [5, 5.41) is 6.38. The maximum atomic E-state index is 12.5. The summed E-state index contributed by atoms with van der Waals surface area (Å²) in [6.07, 6.45) is 1.80. The minimum atomic E-state index is -0.301. The molecule has 2 amide bonds. The van der Waals surface area contributed by atoms with Gasteiger partial charge in [0.25, 0.3) is 0 Å². The van der Waals surface area contributed by atoms with E-state index in [4.69, 9.17) is 11.6 Å². The number of fused-ring (bicyclic) bond motifs is 1. The van der Waals surface area contributed by atoms with Crippen LogP contribution in [0.15, 0.2) is 42.5 Å². The fourth-order valence-corrected chi connectivity index (χ4v) is 4.02. The highest BCUT2D eigenvalue weighted by Crippen LogP contribution is 2.33. The van der Waals surface area contributed by atoms with Gasteiger partial charge in [-0.15, -0.1) is 11.8 Å². The summed E-state index contributed by atoms with van der Waals surface area (Å²) in [4.78, 5) is 24.6. The van der Waals surface area contributed by atoms with Crippen LogP contribution in [0.1, 0.15) is 36.1 Å². The molecule has 4 nitrogen and oxygen atoms in total. The molecule has 2 aromatic carbocycles. The third-order valence-corrected chi connectivity index (χ3v) is 6.05. The van der Waals surface area contributed by atoms with Crippen LogP contribution in [0.2, 0.25) is 5.02 Å². The summed E-state index contributed by atoms with van der Waals surface area (Å²) in [6.45, 7) is 3.83. The molecule has 2 N–H and O–H groups in total. The summed E-state index contributed by atoms with van der Waals surface area (Å²) < 4.78 is 0. The quantitative estimate of drug-likeness (QED) is 0.747. The predicted octanol–water partition coefficient (Wildman–Crippen LogP) is 4.51. The first-order valence-electron chi connectivity index (χ1n) is 8.99. The van der Waals surface area contributed by atoms with Crippen LogP contribution in [0.5, 0.6) is 0 Å².